The van der Waals surface area contributed by atoms with Gasteiger partial charge in [0.25, 0.3) is 11.8 Å². The van der Waals surface area contributed by atoms with E-state index in [1.807, 2.05) is 18.7 Å². The minimum Gasteiger partial charge on any atom is -0.352 e. The molecule has 0 spiro atoms. The molecule has 0 saturated carbocycles. The van der Waals surface area contributed by atoms with E-state index in [1.54, 1.807) is 30.7 Å². The number of hydrogen-bond acceptors (Lipinski definition) is 5. The molecule has 2 aromatic rings. The number of aromatic nitrogens is 3. The molecular formula is C20H25N5O2. The maximum Gasteiger partial charge on any atom is 0.255 e. The highest BCUT2D eigenvalue weighted by Gasteiger charge is 2.28. The van der Waals surface area contributed by atoms with Gasteiger partial charge in [-0.3, -0.25) is 14.6 Å². The van der Waals surface area contributed by atoms with E-state index < -0.39 is 0 Å². The van der Waals surface area contributed by atoms with Gasteiger partial charge in [-0.2, -0.15) is 0 Å². The van der Waals surface area contributed by atoms with Crippen LogP contribution in [0.3, 0.4) is 0 Å². The maximum absolute atomic E-state index is 12.6. The number of piperidine rings is 1. The van der Waals surface area contributed by atoms with E-state index in [0.717, 1.165) is 25.0 Å². The predicted molar refractivity (Wildman–Crippen MR) is 102 cm³/mol. The Labute approximate surface area is 159 Å². The van der Waals surface area contributed by atoms with Crippen LogP contribution in [0.5, 0.6) is 0 Å². The number of amides is 2. The van der Waals surface area contributed by atoms with Crippen molar-refractivity contribution in [1.82, 2.24) is 25.2 Å². The van der Waals surface area contributed by atoms with Crippen LogP contribution < -0.4 is 5.32 Å². The largest absolute Gasteiger partial charge is 0.352 e. The lowest BCUT2D eigenvalue weighted by Crippen LogP contribution is -2.38. The zero-order valence-electron chi connectivity index (χ0n) is 15.8. The molecule has 2 amide bonds. The first-order chi connectivity index (χ1) is 13.1. The standard InChI is InChI=1S/C20H25N5O2/c1-3-8-22-19(26)17-13-23-14(2)24-18(17)15-6-10-25(11-7-15)20(27)16-5-4-9-21-12-16/h4-5,9,12-13,15H,3,6-8,10-11H2,1-2H3,(H,22,26). The normalized spacial score (nSPS) is 14.8. The smallest absolute Gasteiger partial charge is 0.255 e. The molecule has 1 saturated heterocycles. The molecule has 7 heteroatoms. The first-order valence-corrected chi connectivity index (χ1v) is 9.41. The van der Waals surface area contributed by atoms with Crippen molar-refractivity contribution in [2.24, 2.45) is 0 Å². The van der Waals surface area contributed by atoms with E-state index in [4.69, 9.17) is 0 Å². The van der Waals surface area contributed by atoms with Gasteiger partial charge in [0.1, 0.15) is 5.82 Å². The number of rotatable bonds is 5. The van der Waals surface area contributed by atoms with Crippen LogP contribution in [0.4, 0.5) is 0 Å². The molecule has 1 aliphatic rings. The highest BCUT2D eigenvalue weighted by Crippen LogP contribution is 2.29. The summed E-state index contributed by atoms with van der Waals surface area (Å²) in [5.41, 5.74) is 1.95. The molecule has 0 radical (unpaired) electrons. The summed E-state index contributed by atoms with van der Waals surface area (Å²) in [7, 11) is 0. The molecule has 0 bridgehead atoms. The zero-order chi connectivity index (χ0) is 19.2. The van der Waals surface area contributed by atoms with Gasteiger partial charge in [-0.1, -0.05) is 6.92 Å². The summed E-state index contributed by atoms with van der Waals surface area (Å²) in [6.07, 6.45) is 7.30. The fraction of sp³-hybridized carbons (Fsp3) is 0.450. The third-order valence-electron chi connectivity index (χ3n) is 4.80. The van der Waals surface area contributed by atoms with Gasteiger partial charge in [-0.15, -0.1) is 0 Å². The van der Waals surface area contributed by atoms with Crippen molar-refractivity contribution in [3.8, 4) is 0 Å². The Hall–Kier alpha value is -2.83. The van der Waals surface area contributed by atoms with E-state index in [0.29, 0.717) is 36.6 Å². The van der Waals surface area contributed by atoms with Crippen molar-refractivity contribution in [3.63, 3.8) is 0 Å². The molecule has 7 nitrogen and oxygen atoms in total. The van der Waals surface area contributed by atoms with Crippen LogP contribution in [0, 0.1) is 6.92 Å². The summed E-state index contributed by atoms with van der Waals surface area (Å²) in [6, 6.07) is 3.55. The molecule has 3 rings (SSSR count). The Bertz CT molecular complexity index is 801. The van der Waals surface area contributed by atoms with E-state index in [2.05, 4.69) is 20.3 Å². The van der Waals surface area contributed by atoms with Gasteiger partial charge < -0.3 is 10.2 Å². The van der Waals surface area contributed by atoms with E-state index in [1.165, 1.54) is 0 Å². The molecule has 2 aromatic heterocycles. The number of likely N-dealkylation sites (tertiary alicyclic amines) is 1. The van der Waals surface area contributed by atoms with Gasteiger partial charge in [0.2, 0.25) is 0 Å². The van der Waals surface area contributed by atoms with Crippen molar-refractivity contribution >= 4 is 11.8 Å². The predicted octanol–water partition coefficient (Wildman–Crippen LogP) is 2.34. The van der Waals surface area contributed by atoms with Gasteiger partial charge >= 0.3 is 0 Å². The minimum absolute atomic E-state index is 0.00123. The molecular weight excluding hydrogens is 342 g/mol. The summed E-state index contributed by atoms with van der Waals surface area (Å²) in [5, 5.41) is 2.91. The third kappa shape index (κ3) is 4.48. The summed E-state index contributed by atoms with van der Waals surface area (Å²) in [4.78, 5) is 39.7. The van der Waals surface area contributed by atoms with Gasteiger partial charge in [0.15, 0.2) is 0 Å². The molecule has 1 fully saturated rings. The molecule has 3 heterocycles. The number of nitrogens with zero attached hydrogens (tertiary/aromatic N) is 4. The van der Waals surface area contributed by atoms with Crippen molar-refractivity contribution in [1.29, 1.82) is 0 Å². The molecule has 0 unspecified atom stereocenters. The van der Waals surface area contributed by atoms with Crippen LogP contribution in [0.15, 0.2) is 30.7 Å². The van der Waals surface area contributed by atoms with Gasteiger partial charge in [0.05, 0.1) is 16.8 Å². The highest BCUT2D eigenvalue weighted by molar-refractivity contribution is 5.95. The van der Waals surface area contributed by atoms with Crippen molar-refractivity contribution in [3.05, 3.63) is 53.4 Å². The first kappa shape index (κ1) is 18.9. The molecule has 0 atom stereocenters. The summed E-state index contributed by atoms with van der Waals surface area (Å²) in [5.74, 6) is 0.681. The Morgan fingerprint density at radius 2 is 2.04 bits per heavy atom. The Morgan fingerprint density at radius 1 is 1.26 bits per heavy atom. The number of hydrogen-bond donors (Lipinski definition) is 1. The fourth-order valence-corrected chi connectivity index (χ4v) is 3.34. The number of pyridine rings is 1. The van der Waals surface area contributed by atoms with Crippen LogP contribution in [-0.4, -0.2) is 51.3 Å². The minimum atomic E-state index is -0.124. The second-order valence-corrected chi connectivity index (χ2v) is 6.78. The average Bonchev–Trinajstić information content (AvgIpc) is 2.72. The number of aryl methyl sites for hydroxylation is 1. The second kappa shape index (κ2) is 8.70. The Kier molecular flexibility index (Phi) is 6.11. The van der Waals surface area contributed by atoms with Crippen LogP contribution in [-0.2, 0) is 0 Å². The van der Waals surface area contributed by atoms with Crippen LogP contribution in [0.1, 0.15) is 64.3 Å². The monoisotopic (exact) mass is 367 g/mol. The molecule has 1 N–H and O–H groups in total. The van der Waals surface area contributed by atoms with E-state index in [9.17, 15) is 9.59 Å². The summed E-state index contributed by atoms with van der Waals surface area (Å²) < 4.78 is 0. The SMILES string of the molecule is CCCNC(=O)c1cnc(C)nc1C1CCN(C(=O)c2cccnc2)CC1. The van der Waals surface area contributed by atoms with Crippen LogP contribution in [0.2, 0.25) is 0 Å². The van der Waals surface area contributed by atoms with Crippen molar-refractivity contribution in [2.45, 2.75) is 39.0 Å². The van der Waals surface area contributed by atoms with Gasteiger partial charge in [0, 0.05) is 44.1 Å². The van der Waals surface area contributed by atoms with Crippen LogP contribution in [0.25, 0.3) is 0 Å². The zero-order valence-corrected chi connectivity index (χ0v) is 15.8. The Morgan fingerprint density at radius 3 is 2.70 bits per heavy atom. The molecule has 142 valence electrons. The molecule has 0 aliphatic carbocycles. The molecule has 27 heavy (non-hydrogen) atoms. The number of carbonyl (C=O) groups excluding carboxylic acids is 2. The number of nitrogens with one attached hydrogen (secondary N) is 1. The second-order valence-electron chi connectivity index (χ2n) is 6.78. The lowest BCUT2D eigenvalue weighted by molar-refractivity contribution is 0.0710. The van der Waals surface area contributed by atoms with Gasteiger partial charge in [-0.25, -0.2) is 9.97 Å². The average molecular weight is 367 g/mol. The maximum atomic E-state index is 12.6. The lowest BCUT2D eigenvalue weighted by Gasteiger charge is -2.32. The quantitative estimate of drug-likeness (QED) is 0.876. The van der Waals surface area contributed by atoms with Crippen molar-refractivity contribution in [2.75, 3.05) is 19.6 Å². The summed E-state index contributed by atoms with van der Waals surface area (Å²) in [6.45, 7) is 5.75. The Balaban J connectivity index is 1.71. The first-order valence-electron chi connectivity index (χ1n) is 9.41. The summed E-state index contributed by atoms with van der Waals surface area (Å²) >= 11 is 0. The van der Waals surface area contributed by atoms with Crippen molar-refractivity contribution < 1.29 is 9.59 Å². The fourth-order valence-electron chi connectivity index (χ4n) is 3.34. The molecule has 1 aliphatic heterocycles. The topological polar surface area (TPSA) is 88.1 Å². The lowest BCUT2D eigenvalue weighted by atomic mass is 9.90. The highest BCUT2D eigenvalue weighted by atomic mass is 16.2. The van der Waals surface area contributed by atoms with E-state index >= 15 is 0 Å². The third-order valence-corrected chi connectivity index (χ3v) is 4.80. The van der Waals surface area contributed by atoms with Gasteiger partial charge in [-0.05, 0) is 38.3 Å². The van der Waals surface area contributed by atoms with E-state index in [-0.39, 0.29) is 17.7 Å². The molecule has 0 aromatic carbocycles. The number of carbonyl (C=O) groups is 2. The van der Waals surface area contributed by atoms with Crippen LogP contribution >= 0.6 is 0 Å².